The average molecular weight is 246 g/mol. The Labute approximate surface area is 105 Å². The topological polar surface area (TPSA) is 48.1 Å². The van der Waals surface area contributed by atoms with Crippen LogP contribution in [0.5, 0.6) is 0 Å². The van der Waals surface area contributed by atoms with Crippen LogP contribution >= 0.6 is 0 Å². The zero-order valence-electron chi connectivity index (χ0n) is 9.97. The van der Waals surface area contributed by atoms with Crippen molar-refractivity contribution in [1.82, 2.24) is 4.98 Å². The summed E-state index contributed by atoms with van der Waals surface area (Å²) in [5, 5.41) is 0. The number of halogens is 1. The van der Waals surface area contributed by atoms with Crippen LogP contribution in [-0.2, 0) is 17.8 Å². The number of nitrogens with zero attached hydrogens (tertiary/aromatic N) is 1. The molecule has 0 radical (unpaired) electrons. The fourth-order valence-electron chi connectivity index (χ4n) is 1.59. The highest BCUT2D eigenvalue weighted by molar-refractivity contribution is 5.40. The van der Waals surface area contributed by atoms with Gasteiger partial charge in [-0.2, -0.15) is 0 Å². The maximum atomic E-state index is 13.4. The standard InChI is InChI=1S/C14H15FN2O/c15-14-9-12(16)5-4-11(14)10-18-8-6-13-3-1-2-7-17-13/h1-5,7,9H,6,8,10,16H2. The lowest BCUT2D eigenvalue weighted by Gasteiger charge is -2.06. The fourth-order valence-corrected chi connectivity index (χ4v) is 1.59. The first kappa shape index (κ1) is 12.5. The maximum absolute atomic E-state index is 13.4. The molecule has 0 unspecified atom stereocenters. The van der Waals surface area contributed by atoms with Crippen LogP contribution in [0.2, 0.25) is 0 Å². The van der Waals surface area contributed by atoms with E-state index in [0.29, 0.717) is 17.9 Å². The minimum atomic E-state index is -0.326. The van der Waals surface area contributed by atoms with Crippen LogP contribution in [0, 0.1) is 5.82 Å². The van der Waals surface area contributed by atoms with Crippen LogP contribution in [0.3, 0.4) is 0 Å². The summed E-state index contributed by atoms with van der Waals surface area (Å²) in [6.45, 7) is 0.764. The summed E-state index contributed by atoms with van der Waals surface area (Å²) in [4.78, 5) is 4.18. The van der Waals surface area contributed by atoms with Gasteiger partial charge in [-0.1, -0.05) is 12.1 Å². The van der Waals surface area contributed by atoms with Gasteiger partial charge in [0.15, 0.2) is 0 Å². The predicted octanol–water partition coefficient (Wildman–Crippen LogP) is 2.56. The lowest BCUT2D eigenvalue weighted by molar-refractivity contribution is 0.121. The Morgan fingerprint density at radius 3 is 2.83 bits per heavy atom. The number of anilines is 1. The van der Waals surface area contributed by atoms with Crippen LogP contribution in [0.25, 0.3) is 0 Å². The monoisotopic (exact) mass is 246 g/mol. The van der Waals surface area contributed by atoms with E-state index < -0.39 is 0 Å². The molecule has 4 heteroatoms. The van der Waals surface area contributed by atoms with Gasteiger partial charge in [-0.05, 0) is 24.3 Å². The van der Waals surface area contributed by atoms with Crippen LogP contribution in [0.15, 0.2) is 42.6 Å². The second kappa shape index (κ2) is 6.12. The number of benzene rings is 1. The molecule has 0 aliphatic heterocycles. The van der Waals surface area contributed by atoms with Crippen molar-refractivity contribution >= 4 is 5.69 Å². The number of pyridine rings is 1. The number of rotatable bonds is 5. The number of nitrogen functional groups attached to an aromatic ring is 1. The van der Waals surface area contributed by atoms with Crippen molar-refractivity contribution in [2.45, 2.75) is 13.0 Å². The molecule has 0 aliphatic carbocycles. The summed E-state index contributed by atoms with van der Waals surface area (Å²) in [6.07, 6.45) is 2.46. The second-order valence-electron chi connectivity index (χ2n) is 3.97. The normalized spacial score (nSPS) is 10.5. The molecule has 0 atom stereocenters. The molecule has 18 heavy (non-hydrogen) atoms. The van der Waals surface area contributed by atoms with Crippen molar-refractivity contribution < 1.29 is 9.13 Å². The third-order valence-electron chi connectivity index (χ3n) is 2.56. The van der Waals surface area contributed by atoms with Gasteiger partial charge >= 0.3 is 0 Å². The molecule has 0 saturated heterocycles. The average Bonchev–Trinajstić information content (AvgIpc) is 2.38. The van der Waals surface area contributed by atoms with E-state index in [-0.39, 0.29) is 12.4 Å². The predicted molar refractivity (Wildman–Crippen MR) is 68.4 cm³/mol. The Balaban J connectivity index is 1.79. The van der Waals surface area contributed by atoms with Crippen molar-refractivity contribution in [3.63, 3.8) is 0 Å². The summed E-state index contributed by atoms with van der Waals surface area (Å²) in [5.74, 6) is -0.326. The number of nitrogens with two attached hydrogens (primary N) is 1. The molecule has 94 valence electrons. The highest BCUT2D eigenvalue weighted by Gasteiger charge is 2.02. The van der Waals surface area contributed by atoms with Gasteiger partial charge in [0.1, 0.15) is 5.82 Å². The molecule has 1 aromatic heterocycles. The first-order valence-electron chi connectivity index (χ1n) is 5.77. The summed E-state index contributed by atoms with van der Waals surface area (Å²) in [5.41, 5.74) is 7.38. The smallest absolute Gasteiger partial charge is 0.130 e. The van der Waals surface area contributed by atoms with Gasteiger partial charge in [-0.25, -0.2) is 4.39 Å². The molecule has 3 nitrogen and oxygen atoms in total. The third-order valence-corrected chi connectivity index (χ3v) is 2.56. The molecule has 0 bridgehead atoms. The number of hydrogen-bond acceptors (Lipinski definition) is 3. The molecule has 1 aromatic carbocycles. The molecule has 0 fully saturated rings. The number of hydrogen-bond donors (Lipinski definition) is 1. The zero-order valence-corrected chi connectivity index (χ0v) is 9.97. The largest absolute Gasteiger partial charge is 0.399 e. The molecule has 0 aliphatic rings. The SMILES string of the molecule is Nc1ccc(COCCc2ccccn2)c(F)c1. The quantitative estimate of drug-likeness (QED) is 0.651. The zero-order chi connectivity index (χ0) is 12.8. The Morgan fingerprint density at radius 2 is 2.11 bits per heavy atom. The van der Waals surface area contributed by atoms with Crippen molar-refractivity contribution in [3.8, 4) is 0 Å². The summed E-state index contributed by atoms with van der Waals surface area (Å²) in [6, 6.07) is 10.4. The molecular weight excluding hydrogens is 231 g/mol. The van der Waals surface area contributed by atoms with E-state index in [1.165, 1.54) is 6.07 Å². The minimum absolute atomic E-state index is 0.249. The van der Waals surface area contributed by atoms with Crippen molar-refractivity contribution in [1.29, 1.82) is 0 Å². The van der Waals surface area contributed by atoms with E-state index in [9.17, 15) is 4.39 Å². The number of ether oxygens (including phenoxy) is 1. The van der Waals surface area contributed by atoms with E-state index in [1.807, 2.05) is 18.2 Å². The Bertz CT molecular complexity index is 502. The molecule has 2 N–H and O–H groups in total. The molecule has 1 heterocycles. The van der Waals surface area contributed by atoms with E-state index >= 15 is 0 Å². The van der Waals surface area contributed by atoms with Gasteiger partial charge in [0, 0.05) is 29.6 Å². The van der Waals surface area contributed by atoms with E-state index in [1.54, 1.807) is 18.3 Å². The van der Waals surface area contributed by atoms with Crippen LogP contribution < -0.4 is 5.73 Å². The Morgan fingerprint density at radius 1 is 1.22 bits per heavy atom. The van der Waals surface area contributed by atoms with Crippen LogP contribution in [0.1, 0.15) is 11.3 Å². The highest BCUT2D eigenvalue weighted by atomic mass is 19.1. The highest BCUT2D eigenvalue weighted by Crippen LogP contribution is 2.12. The van der Waals surface area contributed by atoms with E-state index in [4.69, 9.17) is 10.5 Å². The molecule has 0 spiro atoms. The van der Waals surface area contributed by atoms with Gasteiger partial charge in [-0.15, -0.1) is 0 Å². The lowest BCUT2D eigenvalue weighted by Crippen LogP contribution is -2.02. The molecular formula is C14H15FN2O. The summed E-state index contributed by atoms with van der Waals surface area (Å²) >= 11 is 0. The van der Waals surface area contributed by atoms with Gasteiger partial charge in [0.25, 0.3) is 0 Å². The summed E-state index contributed by atoms with van der Waals surface area (Å²) in [7, 11) is 0. The molecule has 2 rings (SSSR count). The summed E-state index contributed by atoms with van der Waals surface area (Å²) < 4.78 is 18.9. The Kier molecular flexibility index (Phi) is 4.25. The molecule has 0 saturated carbocycles. The van der Waals surface area contributed by atoms with Gasteiger partial charge in [0.05, 0.1) is 13.2 Å². The molecule has 2 aromatic rings. The van der Waals surface area contributed by atoms with E-state index in [2.05, 4.69) is 4.98 Å². The van der Waals surface area contributed by atoms with Crippen LogP contribution in [0.4, 0.5) is 10.1 Å². The van der Waals surface area contributed by atoms with Crippen molar-refractivity contribution in [3.05, 3.63) is 59.7 Å². The lowest BCUT2D eigenvalue weighted by atomic mass is 10.2. The third kappa shape index (κ3) is 3.53. The number of aromatic nitrogens is 1. The second-order valence-corrected chi connectivity index (χ2v) is 3.97. The van der Waals surface area contributed by atoms with Crippen molar-refractivity contribution in [2.75, 3.05) is 12.3 Å². The molecule has 0 amide bonds. The Hall–Kier alpha value is -1.94. The maximum Gasteiger partial charge on any atom is 0.130 e. The fraction of sp³-hybridized carbons (Fsp3) is 0.214. The minimum Gasteiger partial charge on any atom is -0.399 e. The van der Waals surface area contributed by atoms with E-state index in [0.717, 1.165) is 12.1 Å². The van der Waals surface area contributed by atoms with Gasteiger partial charge < -0.3 is 10.5 Å². The van der Waals surface area contributed by atoms with Crippen LogP contribution in [-0.4, -0.2) is 11.6 Å². The van der Waals surface area contributed by atoms with Crippen molar-refractivity contribution in [2.24, 2.45) is 0 Å². The van der Waals surface area contributed by atoms with Gasteiger partial charge in [0.2, 0.25) is 0 Å². The first-order valence-corrected chi connectivity index (χ1v) is 5.77. The van der Waals surface area contributed by atoms with Gasteiger partial charge in [-0.3, -0.25) is 4.98 Å². The first-order chi connectivity index (χ1) is 8.75.